The summed E-state index contributed by atoms with van der Waals surface area (Å²) in [5, 5.41) is 0. The topological polar surface area (TPSA) is 0 Å². The lowest BCUT2D eigenvalue weighted by Gasteiger charge is -2.44. The summed E-state index contributed by atoms with van der Waals surface area (Å²) in [6.07, 6.45) is 15.4. The van der Waals surface area contributed by atoms with Crippen molar-refractivity contribution in [2.45, 2.75) is 91.9 Å². The Labute approximate surface area is 139 Å². The van der Waals surface area contributed by atoms with Crippen LogP contribution < -0.4 is 0 Å². The van der Waals surface area contributed by atoms with Gasteiger partial charge in [-0.1, -0.05) is 40.5 Å². The maximum Gasteiger partial charge on any atom is -0.0381 e. The summed E-state index contributed by atoms with van der Waals surface area (Å²) in [5.74, 6) is 8.24. The first-order chi connectivity index (χ1) is 10.5. The highest BCUT2D eigenvalue weighted by Gasteiger charge is 2.37. The molecule has 0 radical (unpaired) electrons. The molecule has 0 saturated heterocycles. The van der Waals surface area contributed by atoms with Crippen LogP contribution in [0.1, 0.15) is 91.9 Å². The van der Waals surface area contributed by atoms with Gasteiger partial charge in [0, 0.05) is 0 Å². The number of hydrogen-bond donors (Lipinski definition) is 0. The molecule has 128 valence electrons. The molecule has 2 atom stereocenters. The van der Waals surface area contributed by atoms with Crippen LogP contribution in [0.25, 0.3) is 0 Å². The van der Waals surface area contributed by atoms with Gasteiger partial charge in [0.1, 0.15) is 0 Å². The van der Waals surface area contributed by atoms with Gasteiger partial charge in [0.05, 0.1) is 0 Å². The summed E-state index contributed by atoms with van der Waals surface area (Å²) in [6, 6.07) is 0. The van der Waals surface area contributed by atoms with Crippen molar-refractivity contribution in [2.75, 3.05) is 0 Å². The molecule has 0 N–H and O–H groups in total. The SMILES string of the molecule is CC1CCC(C2CCC(C3CC(C)C(C)C(C)C3)CC2)CC1. The smallest absolute Gasteiger partial charge is 0.0381 e. The summed E-state index contributed by atoms with van der Waals surface area (Å²) < 4.78 is 0. The van der Waals surface area contributed by atoms with Crippen molar-refractivity contribution in [3.05, 3.63) is 0 Å². The molecular formula is C22H40. The van der Waals surface area contributed by atoms with Gasteiger partial charge in [0.25, 0.3) is 0 Å². The fourth-order valence-corrected chi connectivity index (χ4v) is 6.27. The molecule has 0 bridgehead atoms. The monoisotopic (exact) mass is 304 g/mol. The Morgan fingerprint density at radius 1 is 0.455 bits per heavy atom. The standard InChI is InChI=1S/C22H40/c1-15-5-7-19(8-6-15)20-9-11-21(12-10-20)22-13-16(2)18(4)17(3)14-22/h15-22H,5-14H2,1-4H3. The zero-order chi connectivity index (χ0) is 15.7. The summed E-state index contributed by atoms with van der Waals surface area (Å²) in [4.78, 5) is 0. The van der Waals surface area contributed by atoms with Gasteiger partial charge in [-0.15, -0.1) is 0 Å². The van der Waals surface area contributed by atoms with Crippen molar-refractivity contribution in [1.29, 1.82) is 0 Å². The number of rotatable bonds is 2. The van der Waals surface area contributed by atoms with Crippen LogP contribution in [0.5, 0.6) is 0 Å². The predicted octanol–water partition coefficient (Wildman–Crippen LogP) is 6.94. The molecule has 0 heteroatoms. The van der Waals surface area contributed by atoms with E-state index in [1.165, 1.54) is 25.7 Å². The number of hydrogen-bond acceptors (Lipinski definition) is 0. The highest BCUT2D eigenvalue weighted by atomic mass is 14.4. The molecule has 3 saturated carbocycles. The quantitative estimate of drug-likeness (QED) is 0.518. The van der Waals surface area contributed by atoms with Crippen molar-refractivity contribution < 1.29 is 0 Å². The second-order valence-corrected chi connectivity index (χ2v) is 9.74. The maximum atomic E-state index is 2.52. The molecule has 0 aliphatic heterocycles. The molecule has 3 aliphatic carbocycles. The molecule has 0 amide bonds. The highest BCUT2D eigenvalue weighted by molar-refractivity contribution is 4.88. The molecular weight excluding hydrogens is 264 g/mol. The van der Waals surface area contributed by atoms with Crippen LogP contribution in [0, 0.1) is 47.3 Å². The van der Waals surface area contributed by atoms with Crippen LogP contribution in [-0.2, 0) is 0 Å². The van der Waals surface area contributed by atoms with E-state index in [1.54, 1.807) is 38.5 Å². The van der Waals surface area contributed by atoms with Gasteiger partial charge in [0.15, 0.2) is 0 Å². The third-order valence-electron chi connectivity index (χ3n) is 8.35. The Hall–Kier alpha value is 0. The molecule has 0 nitrogen and oxygen atoms in total. The molecule has 0 spiro atoms. The van der Waals surface area contributed by atoms with E-state index in [9.17, 15) is 0 Å². The van der Waals surface area contributed by atoms with E-state index in [4.69, 9.17) is 0 Å². The first kappa shape index (κ1) is 16.8. The third kappa shape index (κ3) is 3.73. The molecule has 3 rings (SSSR count). The molecule has 2 unspecified atom stereocenters. The maximum absolute atomic E-state index is 2.52. The fourth-order valence-electron chi connectivity index (χ4n) is 6.27. The lowest BCUT2D eigenvalue weighted by atomic mass is 9.61. The minimum absolute atomic E-state index is 0.955. The van der Waals surface area contributed by atoms with E-state index in [2.05, 4.69) is 27.7 Å². The Balaban J connectivity index is 1.47. The lowest BCUT2D eigenvalue weighted by Crippen LogP contribution is -2.34. The molecule has 0 aromatic heterocycles. The first-order valence-electron chi connectivity index (χ1n) is 10.5. The molecule has 3 fully saturated rings. The van der Waals surface area contributed by atoms with Gasteiger partial charge in [-0.25, -0.2) is 0 Å². The van der Waals surface area contributed by atoms with E-state index in [-0.39, 0.29) is 0 Å². The average molecular weight is 305 g/mol. The van der Waals surface area contributed by atoms with Crippen molar-refractivity contribution in [1.82, 2.24) is 0 Å². The van der Waals surface area contributed by atoms with Crippen molar-refractivity contribution in [2.24, 2.45) is 47.3 Å². The normalized spacial score (nSPS) is 50.7. The zero-order valence-corrected chi connectivity index (χ0v) is 15.7. The molecule has 0 aromatic carbocycles. The van der Waals surface area contributed by atoms with Crippen LogP contribution >= 0.6 is 0 Å². The van der Waals surface area contributed by atoms with Gasteiger partial charge in [-0.05, 0) is 98.7 Å². The summed E-state index contributed by atoms with van der Waals surface area (Å²) >= 11 is 0. The minimum Gasteiger partial charge on any atom is -0.0625 e. The minimum atomic E-state index is 0.955. The molecule has 0 aromatic rings. The van der Waals surface area contributed by atoms with Gasteiger partial charge in [-0.3, -0.25) is 0 Å². The van der Waals surface area contributed by atoms with E-state index in [0.29, 0.717) is 0 Å². The molecule has 0 heterocycles. The third-order valence-corrected chi connectivity index (χ3v) is 8.35. The van der Waals surface area contributed by atoms with E-state index in [0.717, 1.165) is 47.3 Å². The second-order valence-electron chi connectivity index (χ2n) is 9.74. The van der Waals surface area contributed by atoms with Gasteiger partial charge in [0.2, 0.25) is 0 Å². The Kier molecular flexibility index (Phi) is 5.56. The van der Waals surface area contributed by atoms with E-state index in [1.807, 2.05) is 0 Å². The molecule has 3 aliphatic rings. The first-order valence-corrected chi connectivity index (χ1v) is 10.5. The van der Waals surface area contributed by atoms with Crippen LogP contribution in [0.15, 0.2) is 0 Å². The highest BCUT2D eigenvalue weighted by Crippen LogP contribution is 2.48. The Morgan fingerprint density at radius 3 is 1.27 bits per heavy atom. The van der Waals surface area contributed by atoms with Gasteiger partial charge >= 0.3 is 0 Å². The fraction of sp³-hybridized carbons (Fsp3) is 1.00. The largest absolute Gasteiger partial charge is 0.0625 e. The van der Waals surface area contributed by atoms with E-state index < -0.39 is 0 Å². The second kappa shape index (κ2) is 7.27. The van der Waals surface area contributed by atoms with Crippen LogP contribution in [0.3, 0.4) is 0 Å². The van der Waals surface area contributed by atoms with E-state index >= 15 is 0 Å². The van der Waals surface area contributed by atoms with Crippen molar-refractivity contribution >= 4 is 0 Å². The summed E-state index contributed by atoms with van der Waals surface area (Å²) in [5.41, 5.74) is 0. The van der Waals surface area contributed by atoms with Crippen LogP contribution in [-0.4, -0.2) is 0 Å². The van der Waals surface area contributed by atoms with Gasteiger partial charge < -0.3 is 0 Å². The zero-order valence-electron chi connectivity index (χ0n) is 15.7. The van der Waals surface area contributed by atoms with Crippen LogP contribution in [0.4, 0.5) is 0 Å². The summed E-state index contributed by atoms with van der Waals surface area (Å²) in [7, 11) is 0. The Bertz CT molecular complexity index is 318. The average Bonchev–Trinajstić information content (AvgIpc) is 2.53. The van der Waals surface area contributed by atoms with Crippen molar-refractivity contribution in [3.8, 4) is 0 Å². The van der Waals surface area contributed by atoms with Crippen molar-refractivity contribution in [3.63, 3.8) is 0 Å². The predicted molar refractivity (Wildman–Crippen MR) is 96.8 cm³/mol. The Morgan fingerprint density at radius 2 is 0.818 bits per heavy atom. The van der Waals surface area contributed by atoms with Gasteiger partial charge in [-0.2, -0.15) is 0 Å². The van der Waals surface area contributed by atoms with Crippen LogP contribution in [0.2, 0.25) is 0 Å². The summed E-state index contributed by atoms with van der Waals surface area (Å²) in [6.45, 7) is 9.98. The molecule has 22 heavy (non-hydrogen) atoms. The lowest BCUT2D eigenvalue weighted by molar-refractivity contribution is 0.0649.